The van der Waals surface area contributed by atoms with Crippen LogP contribution in [-0.4, -0.2) is 11.4 Å². The van der Waals surface area contributed by atoms with Crippen LogP contribution in [0.1, 0.15) is 61.4 Å². The molecule has 128 valence electrons. The summed E-state index contributed by atoms with van der Waals surface area (Å²) in [5.74, 6) is 0. The standard InChI is InChI=1S/C23H31N/c1-6-8-16-24(23(7-2)21-12-10-9-11-13-21)20(5)22-15-14-18(3)17-19(22)4/h9-15,17,23H,5-8,16H2,1-4H3. The average Bonchev–Trinajstić information content (AvgIpc) is 2.59. The quantitative estimate of drug-likeness (QED) is 0.534. The number of aryl methyl sites for hydroxylation is 2. The van der Waals surface area contributed by atoms with Gasteiger partial charge in [0.2, 0.25) is 0 Å². The first-order valence-corrected chi connectivity index (χ1v) is 9.16. The molecule has 0 spiro atoms. The van der Waals surface area contributed by atoms with Crippen molar-refractivity contribution in [3.8, 4) is 0 Å². The Labute approximate surface area is 148 Å². The highest BCUT2D eigenvalue weighted by Crippen LogP contribution is 2.33. The van der Waals surface area contributed by atoms with Gasteiger partial charge in [-0.15, -0.1) is 0 Å². The third-order valence-electron chi connectivity index (χ3n) is 4.74. The molecule has 0 fully saturated rings. The molecule has 1 atom stereocenters. The summed E-state index contributed by atoms with van der Waals surface area (Å²) in [5.41, 5.74) is 6.41. The number of hydrogen-bond donors (Lipinski definition) is 0. The SMILES string of the molecule is C=C(c1ccc(C)cc1C)N(CCCC)C(CC)c1ccccc1. The van der Waals surface area contributed by atoms with Crippen molar-refractivity contribution in [3.05, 3.63) is 77.4 Å². The summed E-state index contributed by atoms with van der Waals surface area (Å²) in [6.45, 7) is 14.4. The first kappa shape index (κ1) is 18.3. The van der Waals surface area contributed by atoms with Gasteiger partial charge >= 0.3 is 0 Å². The van der Waals surface area contributed by atoms with E-state index in [9.17, 15) is 0 Å². The van der Waals surface area contributed by atoms with Crippen molar-refractivity contribution in [1.82, 2.24) is 4.90 Å². The summed E-state index contributed by atoms with van der Waals surface area (Å²) in [7, 11) is 0. The second-order valence-electron chi connectivity index (χ2n) is 6.65. The lowest BCUT2D eigenvalue weighted by molar-refractivity contribution is 0.286. The predicted octanol–water partition coefficient (Wildman–Crippen LogP) is 6.53. The zero-order valence-electron chi connectivity index (χ0n) is 15.7. The summed E-state index contributed by atoms with van der Waals surface area (Å²) in [5, 5.41) is 0. The number of nitrogens with zero attached hydrogens (tertiary/aromatic N) is 1. The minimum Gasteiger partial charge on any atom is -0.364 e. The van der Waals surface area contributed by atoms with Crippen molar-refractivity contribution in [3.63, 3.8) is 0 Å². The lowest BCUT2D eigenvalue weighted by Crippen LogP contribution is -2.28. The molecule has 0 amide bonds. The molecule has 1 nitrogen and oxygen atoms in total. The van der Waals surface area contributed by atoms with Gasteiger partial charge in [0.15, 0.2) is 0 Å². The van der Waals surface area contributed by atoms with E-state index < -0.39 is 0 Å². The second-order valence-corrected chi connectivity index (χ2v) is 6.65. The Morgan fingerprint density at radius 3 is 2.33 bits per heavy atom. The fraction of sp³-hybridized carbons (Fsp3) is 0.391. The van der Waals surface area contributed by atoms with Crippen LogP contribution in [0, 0.1) is 13.8 Å². The minimum atomic E-state index is 0.381. The highest BCUT2D eigenvalue weighted by Gasteiger charge is 2.21. The van der Waals surface area contributed by atoms with Crippen LogP contribution < -0.4 is 0 Å². The zero-order valence-corrected chi connectivity index (χ0v) is 15.7. The fourth-order valence-corrected chi connectivity index (χ4v) is 3.41. The van der Waals surface area contributed by atoms with Crippen LogP contribution in [0.3, 0.4) is 0 Å². The molecule has 1 unspecified atom stereocenters. The van der Waals surface area contributed by atoms with Crippen LogP contribution in [0.2, 0.25) is 0 Å². The number of benzene rings is 2. The Morgan fingerprint density at radius 1 is 1.04 bits per heavy atom. The van der Waals surface area contributed by atoms with E-state index in [0.717, 1.165) is 18.7 Å². The normalized spacial score (nSPS) is 12.0. The Balaban J connectivity index is 2.37. The Hall–Kier alpha value is -2.02. The van der Waals surface area contributed by atoms with Crippen LogP contribution in [0.15, 0.2) is 55.1 Å². The topological polar surface area (TPSA) is 3.24 Å². The molecule has 0 aliphatic carbocycles. The van der Waals surface area contributed by atoms with Gasteiger partial charge in [-0.1, -0.05) is 80.9 Å². The van der Waals surface area contributed by atoms with E-state index >= 15 is 0 Å². The minimum absolute atomic E-state index is 0.381. The van der Waals surface area contributed by atoms with Gasteiger partial charge in [-0.3, -0.25) is 0 Å². The van der Waals surface area contributed by atoms with E-state index in [4.69, 9.17) is 0 Å². The van der Waals surface area contributed by atoms with Gasteiger partial charge in [-0.2, -0.15) is 0 Å². The van der Waals surface area contributed by atoms with E-state index in [2.05, 4.69) is 87.7 Å². The Morgan fingerprint density at radius 2 is 1.75 bits per heavy atom. The fourth-order valence-electron chi connectivity index (χ4n) is 3.41. The van der Waals surface area contributed by atoms with Gasteiger partial charge in [0, 0.05) is 17.8 Å². The molecule has 0 heterocycles. The molecule has 0 saturated heterocycles. The summed E-state index contributed by atoms with van der Waals surface area (Å²) in [4.78, 5) is 2.51. The molecule has 0 bridgehead atoms. The first-order chi connectivity index (χ1) is 11.6. The van der Waals surface area contributed by atoms with Gasteiger partial charge < -0.3 is 4.90 Å². The summed E-state index contributed by atoms with van der Waals surface area (Å²) in [6, 6.07) is 17.9. The number of unbranched alkanes of at least 4 members (excludes halogenated alkanes) is 1. The molecule has 2 aromatic rings. The van der Waals surface area contributed by atoms with Crippen molar-refractivity contribution in [1.29, 1.82) is 0 Å². The van der Waals surface area contributed by atoms with E-state index in [-0.39, 0.29) is 0 Å². The molecular weight excluding hydrogens is 290 g/mol. The first-order valence-electron chi connectivity index (χ1n) is 9.16. The highest BCUT2D eigenvalue weighted by molar-refractivity contribution is 5.65. The summed E-state index contributed by atoms with van der Waals surface area (Å²) >= 11 is 0. The third kappa shape index (κ3) is 4.29. The predicted molar refractivity (Wildman–Crippen MR) is 106 cm³/mol. The monoisotopic (exact) mass is 321 g/mol. The summed E-state index contributed by atoms with van der Waals surface area (Å²) in [6.07, 6.45) is 3.47. The maximum Gasteiger partial charge on any atom is 0.0539 e. The van der Waals surface area contributed by atoms with Gasteiger partial charge in [0.1, 0.15) is 0 Å². The van der Waals surface area contributed by atoms with Crippen molar-refractivity contribution >= 4 is 5.70 Å². The van der Waals surface area contributed by atoms with Crippen molar-refractivity contribution in [2.24, 2.45) is 0 Å². The van der Waals surface area contributed by atoms with Crippen LogP contribution in [0.5, 0.6) is 0 Å². The van der Waals surface area contributed by atoms with E-state index in [1.54, 1.807) is 0 Å². The van der Waals surface area contributed by atoms with Gasteiger partial charge in [0.05, 0.1) is 6.04 Å². The van der Waals surface area contributed by atoms with E-state index in [1.165, 1.54) is 35.1 Å². The van der Waals surface area contributed by atoms with Crippen LogP contribution in [0.4, 0.5) is 0 Å². The number of hydrogen-bond acceptors (Lipinski definition) is 1. The van der Waals surface area contributed by atoms with Crippen LogP contribution in [0.25, 0.3) is 5.70 Å². The maximum atomic E-state index is 4.49. The molecule has 2 aromatic carbocycles. The molecule has 2 rings (SSSR count). The molecule has 0 N–H and O–H groups in total. The van der Waals surface area contributed by atoms with E-state index in [0.29, 0.717) is 6.04 Å². The molecule has 0 saturated carbocycles. The molecule has 0 radical (unpaired) electrons. The smallest absolute Gasteiger partial charge is 0.0539 e. The van der Waals surface area contributed by atoms with Crippen molar-refractivity contribution in [2.45, 2.75) is 53.0 Å². The largest absolute Gasteiger partial charge is 0.364 e. The molecule has 0 aliphatic heterocycles. The molecule has 24 heavy (non-hydrogen) atoms. The zero-order chi connectivity index (χ0) is 17.5. The highest BCUT2D eigenvalue weighted by atomic mass is 15.2. The van der Waals surface area contributed by atoms with E-state index in [1.807, 2.05) is 0 Å². The Bertz CT molecular complexity index is 657. The van der Waals surface area contributed by atoms with Crippen molar-refractivity contribution in [2.75, 3.05) is 6.54 Å². The lowest BCUT2D eigenvalue weighted by Gasteiger charge is -2.36. The third-order valence-corrected chi connectivity index (χ3v) is 4.74. The molecule has 0 aromatic heterocycles. The number of rotatable bonds is 8. The maximum absolute atomic E-state index is 4.49. The van der Waals surface area contributed by atoms with Crippen LogP contribution in [-0.2, 0) is 0 Å². The van der Waals surface area contributed by atoms with Gasteiger partial charge in [-0.05, 0) is 37.8 Å². The Kier molecular flexibility index (Phi) is 6.66. The van der Waals surface area contributed by atoms with Gasteiger partial charge in [0.25, 0.3) is 0 Å². The van der Waals surface area contributed by atoms with Gasteiger partial charge in [-0.25, -0.2) is 0 Å². The lowest BCUT2D eigenvalue weighted by atomic mass is 9.97. The van der Waals surface area contributed by atoms with Crippen molar-refractivity contribution < 1.29 is 0 Å². The van der Waals surface area contributed by atoms with Crippen LogP contribution >= 0.6 is 0 Å². The average molecular weight is 322 g/mol. The molecule has 0 aliphatic rings. The second kappa shape index (κ2) is 8.73. The molecule has 1 heteroatoms. The summed E-state index contributed by atoms with van der Waals surface area (Å²) < 4.78 is 0. The molecular formula is C23H31N.